The third kappa shape index (κ3) is 8.38. The van der Waals surface area contributed by atoms with E-state index in [1.807, 2.05) is 6.08 Å². The van der Waals surface area contributed by atoms with Crippen molar-refractivity contribution in [2.75, 3.05) is 37.1 Å². The van der Waals surface area contributed by atoms with Crippen LogP contribution in [0.5, 0.6) is 5.88 Å². The number of anilines is 1. The average Bonchev–Trinajstić information content (AvgIpc) is 3.41. The average molecular weight is 632 g/mol. The number of aromatic hydroxyl groups is 1. The minimum atomic E-state index is -0.433. The predicted octanol–water partition coefficient (Wildman–Crippen LogP) is 6.84. The van der Waals surface area contributed by atoms with Crippen LogP contribution in [-0.2, 0) is 0 Å². The van der Waals surface area contributed by atoms with Crippen LogP contribution in [0.2, 0.25) is 0 Å². The molecule has 3 aromatic rings. The minimum Gasteiger partial charge on any atom is -0.492 e. The summed E-state index contributed by atoms with van der Waals surface area (Å²) < 4.78 is 1.12. The van der Waals surface area contributed by atoms with Crippen LogP contribution in [0.3, 0.4) is 0 Å². The molecule has 2 atom stereocenters. The maximum absolute atomic E-state index is 13.8. The summed E-state index contributed by atoms with van der Waals surface area (Å²) in [6.45, 7) is 19.3. The zero-order valence-corrected chi connectivity index (χ0v) is 29.6. The summed E-state index contributed by atoms with van der Waals surface area (Å²) in [7, 11) is 3.32. The van der Waals surface area contributed by atoms with Crippen LogP contribution in [0.4, 0.5) is 5.13 Å². The van der Waals surface area contributed by atoms with Gasteiger partial charge in [0.25, 0.3) is 5.56 Å². The van der Waals surface area contributed by atoms with E-state index in [-0.39, 0.29) is 16.0 Å². The fraction of sp³-hybridized carbons (Fsp3) is 0.541. The van der Waals surface area contributed by atoms with Crippen LogP contribution >= 0.6 is 11.3 Å². The molecule has 3 rings (SSSR count). The van der Waals surface area contributed by atoms with Crippen molar-refractivity contribution in [2.45, 2.75) is 92.9 Å². The monoisotopic (exact) mass is 631 g/mol. The van der Waals surface area contributed by atoms with Crippen molar-refractivity contribution in [3.63, 3.8) is 0 Å². The van der Waals surface area contributed by atoms with Crippen molar-refractivity contribution >= 4 is 29.1 Å². The molecule has 244 valence electrons. The molecule has 0 bridgehead atoms. The van der Waals surface area contributed by atoms with E-state index in [1.54, 1.807) is 25.4 Å². The predicted molar refractivity (Wildman–Crippen MR) is 191 cm³/mol. The Bertz CT molecular complexity index is 1610. The first-order valence-corrected chi connectivity index (χ1v) is 17.4. The van der Waals surface area contributed by atoms with Crippen molar-refractivity contribution < 1.29 is 5.11 Å². The van der Waals surface area contributed by atoms with Gasteiger partial charge in [0.2, 0.25) is 5.88 Å². The second kappa shape index (κ2) is 16.7. The van der Waals surface area contributed by atoms with E-state index in [1.165, 1.54) is 43.5 Å². The van der Waals surface area contributed by atoms with Crippen LogP contribution < -0.4 is 25.9 Å². The summed E-state index contributed by atoms with van der Waals surface area (Å²) in [6.07, 6.45) is 11.3. The largest absolute Gasteiger partial charge is 0.492 e. The summed E-state index contributed by atoms with van der Waals surface area (Å²) in [6, 6.07) is 8.30. The Morgan fingerprint density at radius 2 is 1.60 bits per heavy atom. The third-order valence-corrected chi connectivity index (χ3v) is 10.00. The molecule has 0 spiro atoms. The van der Waals surface area contributed by atoms with Crippen molar-refractivity contribution in [1.82, 2.24) is 9.66 Å². The molecule has 0 aliphatic carbocycles. The van der Waals surface area contributed by atoms with E-state index in [2.05, 4.69) is 77.3 Å². The number of nitriles is 1. The fourth-order valence-corrected chi connectivity index (χ4v) is 7.13. The van der Waals surface area contributed by atoms with Gasteiger partial charge in [-0.05, 0) is 55.7 Å². The highest BCUT2D eigenvalue weighted by Gasteiger charge is 2.24. The molecule has 1 aromatic carbocycles. The van der Waals surface area contributed by atoms with Gasteiger partial charge in [-0.15, -0.1) is 0 Å². The van der Waals surface area contributed by atoms with Crippen LogP contribution in [0, 0.1) is 37.0 Å². The lowest BCUT2D eigenvalue weighted by atomic mass is 9.96. The van der Waals surface area contributed by atoms with E-state index in [0.29, 0.717) is 11.8 Å². The lowest BCUT2D eigenvalue weighted by Gasteiger charge is -2.30. The molecule has 45 heavy (non-hydrogen) atoms. The number of aryl methyl sites for hydroxylation is 2. The number of aromatic nitrogens is 2. The first kappa shape index (κ1) is 35.9. The molecular formula is C37H53N5O2S. The number of pyridine rings is 1. The summed E-state index contributed by atoms with van der Waals surface area (Å²) in [4.78, 5) is 22.5. The van der Waals surface area contributed by atoms with Gasteiger partial charge in [-0.2, -0.15) is 9.94 Å². The van der Waals surface area contributed by atoms with Gasteiger partial charge in [0.05, 0.1) is 15.8 Å². The van der Waals surface area contributed by atoms with Crippen LogP contribution in [-0.4, -0.2) is 42.0 Å². The Morgan fingerprint density at radius 1 is 1.04 bits per heavy atom. The van der Waals surface area contributed by atoms with Crippen molar-refractivity contribution in [2.24, 2.45) is 11.8 Å². The third-order valence-electron chi connectivity index (χ3n) is 8.94. The van der Waals surface area contributed by atoms with Gasteiger partial charge in [-0.3, -0.25) is 4.79 Å². The molecule has 8 heteroatoms. The molecule has 2 aromatic heterocycles. The molecule has 0 aliphatic rings. The molecular weight excluding hydrogens is 579 g/mol. The van der Waals surface area contributed by atoms with Gasteiger partial charge in [0, 0.05) is 38.0 Å². The second-order valence-electron chi connectivity index (χ2n) is 12.5. The highest BCUT2D eigenvalue weighted by atomic mass is 32.1. The summed E-state index contributed by atoms with van der Waals surface area (Å²) in [5.41, 5.74) is 3.66. The van der Waals surface area contributed by atoms with Gasteiger partial charge >= 0.3 is 0 Å². The number of benzene rings is 1. The van der Waals surface area contributed by atoms with E-state index >= 15 is 0 Å². The zero-order chi connectivity index (χ0) is 33.3. The molecule has 7 nitrogen and oxygen atoms in total. The van der Waals surface area contributed by atoms with Gasteiger partial charge in [-0.25, -0.2) is 4.98 Å². The zero-order valence-electron chi connectivity index (χ0n) is 28.7. The fourth-order valence-electron chi connectivity index (χ4n) is 6.09. The van der Waals surface area contributed by atoms with Gasteiger partial charge in [0.1, 0.15) is 11.6 Å². The molecule has 0 saturated carbocycles. The number of hydrogen-bond acceptors (Lipinski definition) is 7. The minimum absolute atomic E-state index is 0.0158. The van der Waals surface area contributed by atoms with E-state index < -0.39 is 11.4 Å². The van der Waals surface area contributed by atoms with E-state index in [4.69, 9.17) is 4.98 Å². The molecule has 0 saturated heterocycles. The molecule has 0 radical (unpaired) electrons. The smallest absolute Gasteiger partial charge is 0.280 e. The Kier molecular flexibility index (Phi) is 13.3. The normalized spacial score (nSPS) is 13.1. The Balaban J connectivity index is 2.36. The molecule has 2 unspecified atom stereocenters. The highest BCUT2D eigenvalue weighted by molar-refractivity contribution is 7.16. The number of nitrogens with zero attached hydrogens (tertiary/aromatic N) is 5. The number of hydrogen-bond donors (Lipinski definition) is 1. The quantitative estimate of drug-likeness (QED) is 0.186. The van der Waals surface area contributed by atoms with Crippen molar-refractivity contribution in [3.05, 3.63) is 60.6 Å². The first-order valence-electron chi connectivity index (χ1n) is 16.6. The molecule has 2 heterocycles. The summed E-state index contributed by atoms with van der Waals surface area (Å²) in [5, 5.41) is 23.6. The van der Waals surface area contributed by atoms with Crippen molar-refractivity contribution in [3.8, 4) is 23.2 Å². The maximum Gasteiger partial charge on any atom is 0.280 e. The molecule has 1 N–H and O–H groups in total. The molecule has 0 aliphatic heterocycles. The lowest BCUT2D eigenvalue weighted by molar-refractivity contribution is 0.403. The standard InChI is InChI=1S/C37H53N5O2S/c1-10-14-19-28(12-3)23-41(24-29(13-4)20-15-11-2)37-39-34(33-25(5)17-16-18-26(33)6)32(45-37)21-30-27(7)31(22-38)36(44)42(35(30)43)40(8)9/h16-18,21,28-29,44H,7,10-15,19-20,23-24H2,1-6,8-9H3/b30-21+. The topological polar surface area (TPSA) is 85.4 Å². The van der Waals surface area contributed by atoms with Crippen LogP contribution in [0.15, 0.2) is 23.0 Å². The lowest BCUT2D eigenvalue weighted by Crippen LogP contribution is -2.50. The van der Waals surface area contributed by atoms with E-state index in [9.17, 15) is 15.2 Å². The highest BCUT2D eigenvalue weighted by Crippen LogP contribution is 2.38. The maximum atomic E-state index is 13.8. The Labute approximate surface area is 274 Å². The second-order valence-corrected chi connectivity index (χ2v) is 13.5. The number of rotatable bonds is 16. The number of unbranched alkanes of at least 4 members (excludes halogenated alkanes) is 2. The summed E-state index contributed by atoms with van der Waals surface area (Å²) in [5.74, 6) is 0.737. The number of thiazole rings is 1. The van der Waals surface area contributed by atoms with Crippen LogP contribution in [0.1, 0.15) is 101 Å². The van der Waals surface area contributed by atoms with Gasteiger partial charge in [0.15, 0.2) is 5.13 Å². The first-order chi connectivity index (χ1) is 21.5. The molecule has 0 amide bonds. The van der Waals surface area contributed by atoms with Crippen LogP contribution in [0.25, 0.3) is 23.9 Å². The van der Waals surface area contributed by atoms with Gasteiger partial charge in [-0.1, -0.05) is 102 Å². The Morgan fingerprint density at radius 3 is 2.07 bits per heavy atom. The van der Waals surface area contributed by atoms with Gasteiger partial charge < -0.3 is 15.0 Å². The Hall–Kier alpha value is -3.57. The van der Waals surface area contributed by atoms with E-state index in [0.717, 1.165) is 63.0 Å². The molecule has 0 fully saturated rings. The summed E-state index contributed by atoms with van der Waals surface area (Å²) >= 11 is 1.60. The van der Waals surface area contributed by atoms with Crippen molar-refractivity contribution in [1.29, 1.82) is 5.26 Å². The SMILES string of the molecule is C=c1c(C#N)c(O)n(N(C)C)c(=O)/c1=C/c1sc(N(CC(CC)CCCC)CC(CC)CCCC)nc1-c1c(C)cccc1C.